The first-order chi connectivity index (χ1) is 14.7. The predicted molar refractivity (Wildman–Crippen MR) is 126 cm³/mol. The van der Waals surface area contributed by atoms with E-state index in [0.29, 0.717) is 0 Å². The van der Waals surface area contributed by atoms with Crippen molar-refractivity contribution >= 4 is 11.8 Å². The van der Waals surface area contributed by atoms with E-state index in [9.17, 15) is 9.59 Å². The highest BCUT2D eigenvalue weighted by molar-refractivity contribution is 6.07. The van der Waals surface area contributed by atoms with Crippen LogP contribution in [0.15, 0.2) is 24.3 Å². The minimum absolute atomic E-state index is 0.0678. The molecule has 3 unspecified atom stereocenters. The number of unbranched alkanes of at least 4 members (excludes halogenated alkanes) is 1. The normalized spacial score (nSPS) is 18.7. The van der Waals surface area contributed by atoms with Gasteiger partial charge in [0.1, 0.15) is 6.10 Å². The van der Waals surface area contributed by atoms with Gasteiger partial charge in [-0.15, -0.1) is 0 Å². The van der Waals surface area contributed by atoms with E-state index in [1.165, 1.54) is 11.1 Å². The molecule has 3 nitrogen and oxygen atoms in total. The molecule has 0 N–H and O–H groups in total. The predicted octanol–water partition coefficient (Wildman–Crippen LogP) is 7.01. The molecule has 31 heavy (non-hydrogen) atoms. The number of hydrogen-bond donors (Lipinski definition) is 0. The highest BCUT2D eigenvalue weighted by Crippen LogP contribution is 2.48. The molecule has 0 aliphatic heterocycles. The Morgan fingerprint density at radius 1 is 0.968 bits per heavy atom. The van der Waals surface area contributed by atoms with Crippen LogP contribution in [0, 0.1) is 40.5 Å². The number of aryl methyl sites for hydroxylation is 3. The van der Waals surface area contributed by atoms with Gasteiger partial charge in [0.2, 0.25) is 0 Å². The zero-order valence-electron chi connectivity index (χ0n) is 20.1. The van der Waals surface area contributed by atoms with Crippen LogP contribution < -0.4 is 0 Å². The second-order valence-electron chi connectivity index (χ2n) is 9.21. The Kier molecular flexibility index (Phi) is 7.03. The van der Waals surface area contributed by atoms with Gasteiger partial charge in [-0.3, -0.25) is 9.59 Å². The topological polar surface area (TPSA) is 43.4 Å². The molecule has 0 saturated carbocycles. The Morgan fingerprint density at radius 2 is 1.68 bits per heavy atom. The third-order valence-corrected chi connectivity index (χ3v) is 7.06. The second kappa shape index (κ2) is 9.38. The van der Waals surface area contributed by atoms with Gasteiger partial charge in [-0.1, -0.05) is 56.5 Å². The van der Waals surface area contributed by atoms with Crippen molar-refractivity contribution in [3.8, 4) is 0 Å². The lowest BCUT2D eigenvalue weighted by Gasteiger charge is -2.25. The fraction of sp³-hybridized carbons (Fsp3) is 0.500. The Bertz CT molecular complexity index is 1000. The van der Waals surface area contributed by atoms with Crippen molar-refractivity contribution in [1.29, 1.82) is 0 Å². The molecule has 1 aliphatic carbocycles. The molecule has 0 amide bonds. The molecule has 3 atom stereocenters. The number of Topliss-reactive ketones (excluding diaryl/α,β-unsaturated/α-hetero) is 1. The van der Waals surface area contributed by atoms with Crippen LogP contribution in [0.5, 0.6) is 0 Å². The zero-order valence-corrected chi connectivity index (χ0v) is 20.1. The second-order valence-corrected chi connectivity index (χ2v) is 9.21. The smallest absolute Gasteiger partial charge is 0.309 e. The number of hydrogen-bond acceptors (Lipinski definition) is 3. The van der Waals surface area contributed by atoms with E-state index in [1.54, 1.807) is 0 Å². The van der Waals surface area contributed by atoms with E-state index in [2.05, 4.69) is 33.8 Å². The number of carbonyl (C=O) groups is 2. The van der Waals surface area contributed by atoms with Crippen molar-refractivity contribution in [2.45, 2.75) is 86.2 Å². The van der Waals surface area contributed by atoms with Crippen molar-refractivity contribution in [3.63, 3.8) is 0 Å². The average Bonchev–Trinajstić information content (AvgIpc) is 2.98. The van der Waals surface area contributed by atoms with Crippen LogP contribution in [-0.2, 0) is 9.53 Å². The third kappa shape index (κ3) is 4.33. The Hall–Kier alpha value is -2.42. The summed E-state index contributed by atoms with van der Waals surface area (Å²) in [7, 11) is 0. The lowest BCUT2D eigenvalue weighted by atomic mass is 9.86. The fourth-order valence-electron chi connectivity index (χ4n) is 4.94. The summed E-state index contributed by atoms with van der Waals surface area (Å²) < 4.78 is 6.20. The van der Waals surface area contributed by atoms with Crippen LogP contribution >= 0.6 is 0 Å². The summed E-state index contributed by atoms with van der Waals surface area (Å²) in [5, 5.41) is 0. The molecular weight excluding hydrogens is 384 g/mol. The van der Waals surface area contributed by atoms with Gasteiger partial charge >= 0.3 is 5.97 Å². The minimum Gasteiger partial charge on any atom is -0.456 e. The maximum Gasteiger partial charge on any atom is 0.309 e. The molecule has 0 bridgehead atoms. The van der Waals surface area contributed by atoms with Crippen LogP contribution in [0.2, 0.25) is 0 Å². The first kappa shape index (κ1) is 23.2. The Morgan fingerprint density at radius 3 is 2.32 bits per heavy atom. The summed E-state index contributed by atoms with van der Waals surface area (Å²) in [4.78, 5) is 26.9. The number of rotatable bonds is 7. The Labute approximate surface area is 187 Å². The van der Waals surface area contributed by atoms with Crippen molar-refractivity contribution in [1.82, 2.24) is 0 Å². The monoisotopic (exact) mass is 420 g/mol. The Balaban J connectivity index is 2.09. The van der Waals surface area contributed by atoms with Gasteiger partial charge < -0.3 is 4.74 Å². The number of ether oxygens (including phenoxy) is 1. The van der Waals surface area contributed by atoms with Crippen molar-refractivity contribution < 1.29 is 14.3 Å². The zero-order chi connectivity index (χ0) is 22.9. The molecule has 0 radical (unpaired) electrons. The van der Waals surface area contributed by atoms with Crippen LogP contribution in [0.1, 0.15) is 101 Å². The summed E-state index contributed by atoms with van der Waals surface area (Å²) in [6.45, 7) is 14.4. The molecule has 3 rings (SSSR count). The molecule has 0 fully saturated rings. The van der Waals surface area contributed by atoms with Crippen molar-refractivity contribution in [2.75, 3.05) is 0 Å². The molecule has 0 saturated heterocycles. The maximum absolute atomic E-state index is 13.7. The number of fused-ring (bicyclic) bond motifs is 1. The molecule has 0 heterocycles. The highest BCUT2D eigenvalue weighted by Gasteiger charge is 2.45. The van der Waals surface area contributed by atoms with Gasteiger partial charge in [0.25, 0.3) is 0 Å². The van der Waals surface area contributed by atoms with E-state index >= 15 is 0 Å². The van der Waals surface area contributed by atoms with Crippen LogP contribution in [0.3, 0.4) is 0 Å². The number of ketones is 1. The standard InChI is InChI=1S/C28H36O3/c1-8-10-11-21(9-2)28(30)31-27-23-15-16(3)14-18(5)24(23)26(29)25(27)22-13-12-17(4)19(6)20(22)7/h12-15,21,25,27H,8-11H2,1-7H3. The number of esters is 1. The lowest BCUT2D eigenvalue weighted by Crippen LogP contribution is -2.23. The number of carbonyl (C=O) groups excluding carboxylic acids is 2. The van der Waals surface area contributed by atoms with Crippen LogP contribution in [0.25, 0.3) is 0 Å². The van der Waals surface area contributed by atoms with E-state index in [4.69, 9.17) is 4.74 Å². The summed E-state index contributed by atoms with van der Waals surface area (Å²) >= 11 is 0. The molecule has 166 valence electrons. The fourth-order valence-corrected chi connectivity index (χ4v) is 4.94. The maximum atomic E-state index is 13.7. The highest BCUT2D eigenvalue weighted by atomic mass is 16.5. The average molecular weight is 421 g/mol. The van der Waals surface area contributed by atoms with Crippen LogP contribution in [0.4, 0.5) is 0 Å². The molecule has 3 heteroatoms. The minimum atomic E-state index is -0.565. The summed E-state index contributed by atoms with van der Waals surface area (Å²) in [5.41, 5.74) is 8.12. The molecular formula is C28H36O3. The van der Waals surface area contributed by atoms with E-state index < -0.39 is 12.0 Å². The quantitative estimate of drug-likeness (QED) is 0.453. The van der Waals surface area contributed by atoms with Crippen molar-refractivity contribution in [2.24, 2.45) is 5.92 Å². The summed E-state index contributed by atoms with van der Waals surface area (Å²) in [5.74, 6) is -0.709. The van der Waals surface area contributed by atoms with E-state index in [-0.39, 0.29) is 17.7 Å². The molecule has 2 aromatic carbocycles. The summed E-state index contributed by atoms with van der Waals surface area (Å²) in [6.07, 6.45) is 3.08. The molecule has 2 aromatic rings. The molecule has 0 spiro atoms. The molecule has 1 aliphatic rings. The summed E-state index contributed by atoms with van der Waals surface area (Å²) in [6, 6.07) is 8.19. The first-order valence-corrected chi connectivity index (χ1v) is 11.6. The number of benzene rings is 2. The van der Waals surface area contributed by atoms with Gasteiger partial charge in [0.15, 0.2) is 5.78 Å². The van der Waals surface area contributed by atoms with E-state index in [0.717, 1.165) is 59.1 Å². The van der Waals surface area contributed by atoms with E-state index in [1.807, 2.05) is 39.0 Å². The lowest BCUT2D eigenvalue weighted by molar-refractivity contribution is -0.155. The van der Waals surface area contributed by atoms with Gasteiger partial charge in [-0.2, -0.15) is 0 Å². The first-order valence-electron chi connectivity index (χ1n) is 11.6. The SMILES string of the molecule is CCCCC(CC)C(=O)OC1c2cc(C)cc(C)c2C(=O)C1c1ccc(C)c(C)c1C. The van der Waals surface area contributed by atoms with Gasteiger partial charge in [-0.25, -0.2) is 0 Å². The largest absolute Gasteiger partial charge is 0.456 e. The van der Waals surface area contributed by atoms with Crippen molar-refractivity contribution in [3.05, 3.63) is 68.8 Å². The third-order valence-electron chi connectivity index (χ3n) is 7.06. The molecule has 0 aromatic heterocycles. The van der Waals surface area contributed by atoms with Gasteiger partial charge in [-0.05, 0) is 75.3 Å². The van der Waals surface area contributed by atoms with Gasteiger partial charge in [0.05, 0.1) is 11.8 Å². The van der Waals surface area contributed by atoms with Gasteiger partial charge in [0, 0.05) is 11.1 Å². The van der Waals surface area contributed by atoms with Crippen LogP contribution in [-0.4, -0.2) is 11.8 Å².